The van der Waals surface area contributed by atoms with Gasteiger partial charge in [-0.2, -0.15) is 0 Å². The van der Waals surface area contributed by atoms with Crippen LogP contribution < -0.4 is 14.8 Å². The van der Waals surface area contributed by atoms with Crippen molar-refractivity contribution in [2.45, 2.75) is 44.8 Å². The molecule has 0 spiro atoms. The van der Waals surface area contributed by atoms with Gasteiger partial charge in [-0.3, -0.25) is 4.79 Å². The Bertz CT molecular complexity index is 966. The van der Waals surface area contributed by atoms with E-state index in [0.717, 1.165) is 36.5 Å². The first-order chi connectivity index (χ1) is 14.2. The third-order valence-electron chi connectivity index (χ3n) is 5.35. The number of rotatable bonds is 6. The van der Waals surface area contributed by atoms with Crippen molar-refractivity contribution in [3.8, 4) is 11.6 Å². The summed E-state index contributed by atoms with van der Waals surface area (Å²) in [6.45, 7) is 2.45. The summed E-state index contributed by atoms with van der Waals surface area (Å²) < 4.78 is 11.7. The highest BCUT2D eigenvalue weighted by atomic mass is 16.5. The number of carbonyl (C=O) groups is 1. The van der Waals surface area contributed by atoms with Crippen LogP contribution in [-0.2, 0) is 0 Å². The Morgan fingerprint density at radius 3 is 2.59 bits per heavy atom. The van der Waals surface area contributed by atoms with E-state index in [-0.39, 0.29) is 18.1 Å². The van der Waals surface area contributed by atoms with Gasteiger partial charge in [-0.25, -0.2) is 4.98 Å². The molecule has 0 saturated heterocycles. The molecule has 1 heterocycles. The number of ether oxygens (including phenoxy) is 2. The molecule has 29 heavy (non-hydrogen) atoms. The van der Waals surface area contributed by atoms with Gasteiger partial charge in [-0.1, -0.05) is 36.4 Å². The third-order valence-corrected chi connectivity index (χ3v) is 5.35. The number of fused-ring (bicyclic) bond motifs is 1. The van der Waals surface area contributed by atoms with Crippen LogP contribution in [0.15, 0.2) is 60.8 Å². The number of aromatic nitrogens is 1. The summed E-state index contributed by atoms with van der Waals surface area (Å²) >= 11 is 0. The van der Waals surface area contributed by atoms with Crippen LogP contribution in [0.4, 0.5) is 0 Å². The summed E-state index contributed by atoms with van der Waals surface area (Å²) in [5.74, 6) is 1.23. The Morgan fingerprint density at radius 2 is 1.83 bits per heavy atom. The van der Waals surface area contributed by atoms with Crippen molar-refractivity contribution < 1.29 is 14.3 Å². The third kappa shape index (κ3) is 4.50. The molecule has 5 heteroatoms. The lowest BCUT2D eigenvalue weighted by Crippen LogP contribution is -2.40. The van der Waals surface area contributed by atoms with Gasteiger partial charge < -0.3 is 14.8 Å². The Labute approximate surface area is 171 Å². The molecule has 1 aliphatic carbocycles. The lowest BCUT2D eigenvalue weighted by atomic mass is 9.92. The number of carbonyl (C=O) groups excluding carboxylic acids is 1. The zero-order chi connectivity index (χ0) is 20.1. The van der Waals surface area contributed by atoms with Crippen LogP contribution in [0, 0.1) is 0 Å². The summed E-state index contributed by atoms with van der Waals surface area (Å²) in [5.41, 5.74) is 0.622. The lowest BCUT2D eigenvalue weighted by molar-refractivity contribution is 0.0888. The Morgan fingerprint density at radius 1 is 1.03 bits per heavy atom. The topological polar surface area (TPSA) is 60.5 Å². The van der Waals surface area contributed by atoms with Gasteiger partial charge in [0.2, 0.25) is 5.88 Å². The van der Waals surface area contributed by atoms with E-state index in [1.165, 1.54) is 0 Å². The Balaban J connectivity index is 1.43. The number of nitrogens with zero attached hydrogens (tertiary/aromatic N) is 1. The van der Waals surface area contributed by atoms with Crippen LogP contribution in [0.3, 0.4) is 0 Å². The molecule has 1 N–H and O–H groups in total. The van der Waals surface area contributed by atoms with E-state index in [9.17, 15) is 4.79 Å². The highest BCUT2D eigenvalue weighted by molar-refractivity contribution is 6.09. The van der Waals surface area contributed by atoms with E-state index >= 15 is 0 Å². The number of hydrogen-bond donors (Lipinski definition) is 1. The van der Waals surface area contributed by atoms with E-state index in [1.807, 2.05) is 61.5 Å². The van der Waals surface area contributed by atoms with Crippen molar-refractivity contribution in [2.24, 2.45) is 0 Å². The average Bonchev–Trinajstić information content (AvgIpc) is 2.76. The molecule has 0 unspecified atom stereocenters. The van der Waals surface area contributed by atoms with E-state index in [4.69, 9.17) is 9.47 Å². The second-order valence-electron chi connectivity index (χ2n) is 7.33. The molecule has 1 amide bonds. The number of pyridine rings is 1. The molecule has 150 valence electrons. The second kappa shape index (κ2) is 8.95. The molecule has 4 rings (SSSR count). The van der Waals surface area contributed by atoms with Crippen LogP contribution in [-0.4, -0.2) is 29.6 Å². The van der Waals surface area contributed by atoms with Crippen molar-refractivity contribution >= 4 is 16.7 Å². The minimum atomic E-state index is -0.0701. The molecular formula is C24H26N2O3. The van der Waals surface area contributed by atoms with Crippen LogP contribution in [0.1, 0.15) is 43.0 Å². The number of benzene rings is 2. The molecule has 5 nitrogen and oxygen atoms in total. The van der Waals surface area contributed by atoms with E-state index in [1.54, 1.807) is 6.20 Å². The van der Waals surface area contributed by atoms with Gasteiger partial charge in [0.1, 0.15) is 11.9 Å². The van der Waals surface area contributed by atoms with Crippen LogP contribution in [0.25, 0.3) is 10.8 Å². The van der Waals surface area contributed by atoms with Gasteiger partial charge in [-0.05, 0) is 55.5 Å². The zero-order valence-corrected chi connectivity index (χ0v) is 16.6. The molecule has 1 aromatic heterocycles. The van der Waals surface area contributed by atoms with Crippen molar-refractivity contribution in [1.82, 2.24) is 10.3 Å². The second-order valence-corrected chi connectivity index (χ2v) is 7.33. The Hall–Kier alpha value is -3.08. The van der Waals surface area contributed by atoms with E-state index in [2.05, 4.69) is 10.3 Å². The summed E-state index contributed by atoms with van der Waals surface area (Å²) in [7, 11) is 0. The summed E-state index contributed by atoms with van der Waals surface area (Å²) in [6, 6.07) is 17.6. The van der Waals surface area contributed by atoms with Crippen molar-refractivity contribution in [3.05, 3.63) is 66.4 Å². The molecule has 0 radical (unpaired) electrons. The van der Waals surface area contributed by atoms with Gasteiger partial charge in [0, 0.05) is 18.3 Å². The lowest BCUT2D eigenvalue weighted by Gasteiger charge is -2.29. The van der Waals surface area contributed by atoms with Crippen LogP contribution in [0.2, 0.25) is 0 Å². The number of amides is 1. The molecule has 1 fully saturated rings. The largest absolute Gasteiger partial charge is 0.493 e. The predicted molar refractivity (Wildman–Crippen MR) is 113 cm³/mol. The summed E-state index contributed by atoms with van der Waals surface area (Å²) in [5, 5.41) is 5.18. The van der Waals surface area contributed by atoms with Gasteiger partial charge in [0.15, 0.2) is 0 Å². The minimum Gasteiger partial charge on any atom is -0.493 e. The molecule has 0 atom stereocenters. The van der Waals surface area contributed by atoms with Gasteiger partial charge in [0.25, 0.3) is 5.91 Å². The first kappa shape index (κ1) is 19.2. The van der Waals surface area contributed by atoms with E-state index in [0.29, 0.717) is 23.8 Å². The molecule has 0 bridgehead atoms. The van der Waals surface area contributed by atoms with Crippen LogP contribution >= 0.6 is 0 Å². The highest BCUT2D eigenvalue weighted by Gasteiger charge is 2.26. The monoisotopic (exact) mass is 390 g/mol. The maximum absolute atomic E-state index is 13.2. The zero-order valence-electron chi connectivity index (χ0n) is 16.6. The molecular weight excluding hydrogens is 364 g/mol. The van der Waals surface area contributed by atoms with Crippen molar-refractivity contribution in [1.29, 1.82) is 0 Å². The fraction of sp³-hybridized carbons (Fsp3) is 0.333. The fourth-order valence-electron chi connectivity index (χ4n) is 3.93. The van der Waals surface area contributed by atoms with Gasteiger partial charge in [0.05, 0.1) is 12.2 Å². The minimum absolute atomic E-state index is 0.0701. The maximum atomic E-state index is 13.2. The van der Waals surface area contributed by atoms with Crippen molar-refractivity contribution in [3.63, 3.8) is 0 Å². The smallest absolute Gasteiger partial charge is 0.255 e. The predicted octanol–water partition coefficient (Wildman–Crippen LogP) is 4.75. The molecule has 2 aromatic carbocycles. The average molecular weight is 390 g/mol. The summed E-state index contributed by atoms with van der Waals surface area (Å²) in [4.78, 5) is 17.4. The molecule has 1 saturated carbocycles. The molecule has 3 aromatic rings. The first-order valence-electron chi connectivity index (χ1n) is 10.3. The quantitative estimate of drug-likeness (QED) is 0.660. The summed E-state index contributed by atoms with van der Waals surface area (Å²) in [6.07, 6.45) is 5.46. The highest BCUT2D eigenvalue weighted by Crippen LogP contribution is 2.29. The number of hydrogen-bond acceptors (Lipinski definition) is 4. The first-order valence-corrected chi connectivity index (χ1v) is 10.3. The van der Waals surface area contributed by atoms with Crippen LogP contribution in [0.5, 0.6) is 11.6 Å². The van der Waals surface area contributed by atoms with Crippen molar-refractivity contribution in [2.75, 3.05) is 6.61 Å². The van der Waals surface area contributed by atoms with E-state index < -0.39 is 0 Å². The van der Waals surface area contributed by atoms with Gasteiger partial charge in [-0.15, -0.1) is 0 Å². The maximum Gasteiger partial charge on any atom is 0.255 e. The Kier molecular flexibility index (Phi) is 5.94. The molecule has 1 aliphatic rings. The molecule has 0 aliphatic heterocycles. The number of nitrogens with one attached hydrogen (secondary N) is 1. The normalized spacial score (nSPS) is 18.9. The SMILES string of the molecule is CCOc1ccc2ccccc2c1C(=O)NC1CCC(Oc2ccccn2)CC1. The fourth-order valence-corrected chi connectivity index (χ4v) is 3.93. The van der Waals surface area contributed by atoms with Gasteiger partial charge >= 0.3 is 0 Å². The standard InChI is InChI=1S/C24H26N2O3/c1-2-28-21-15-10-17-7-3-4-8-20(17)23(21)24(27)26-18-11-13-19(14-12-18)29-22-9-5-6-16-25-22/h3-10,15-16,18-19H,2,11-14H2,1H3,(H,26,27).